The molecular formula is C34H34N2O5. The molecule has 1 fully saturated rings. The van der Waals surface area contributed by atoms with Crippen molar-refractivity contribution in [1.82, 2.24) is 4.90 Å². The van der Waals surface area contributed by atoms with E-state index in [4.69, 9.17) is 4.74 Å². The minimum absolute atomic E-state index is 0.0752. The number of unbranched alkanes of at least 4 members (excludes halogenated alkanes) is 2. The van der Waals surface area contributed by atoms with Crippen molar-refractivity contribution in [1.29, 1.82) is 0 Å². The van der Waals surface area contributed by atoms with Crippen LogP contribution >= 0.6 is 0 Å². The lowest BCUT2D eigenvalue weighted by molar-refractivity contribution is -0.147. The molecule has 41 heavy (non-hydrogen) atoms. The zero-order valence-corrected chi connectivity index (χ0v) is 23.2. The van der Waals surface area contributed by atoms with Crippen molar-refractivity contribution in [3.63, 3.8) is 0 Å². The average Bonchev–Trinajstić information content (AvgIpc) is 3.25. The average molecular weight is 551 g/mol. The number of aryl methyl sites for hydroxylation is 1. The first kappa shape index (κ1) is 26.9. The van der Waals surface area contributed by atoms with Crippen LogP contribution in [0.5, 0.6) is 0 Å². The molecule has 7 nitrogen and oxygen atoms in total. The van der Waals surface area contributed by atoms with Gasteiger partial charge < -0.3 is 10.1 Å². The summed E-state index contributed by atoms with van der Waals surface area (Å²) in [4.78, 5) is 53.0. The minimum atomic E-state index is -0.437. The molecule has 4 aliphatic rings. The number of ether oxygens (including phenoxy) is 1. The topological polar surface area (TPSA) is 92.8 Å². The summed E-state index contributed by atoms with van der Waals surface area (Å²) >= 11 is 0. The number of carbonyl (C=O) groups is 4. The summed E-state index contributed by atoms with van der Waals surface area (Å²) in [5, 5.41) is 2.72. The Bertz CT molecular complexity index is 1380. The van der Waals surface area contributed by atoms with E-state index in [1.54, 1.807) is 0 Å². The molecule has 210 valence electrons. The molecular weight excluding hydrogens is 516 g/mol. The maximum Gasteiger partial charge on any atom is 0.306 e. The highest BCUT2D eigenvalue weighted by Crippen LogP contribution is 2.60. The van der Waals surface area contributed by atoms with E-state index in [0.29, 0.717) is 31.5 Å². The van der Waals surface area contributed by atoms with Crippen LogP contribution in [0.1, 0.15) is 72.3 Å². The van der Waals surface area contributed by atoms with Gasteiger partial charge in [0.1, 0.15) is 0 Å². The van der Waals surface area contributed by atoms with Crippen LogP contribution in [0.4, 0.5) is 5.69 Å². The second kappa shape index (κ2) is 11.3. The normalized spacial score (nSPS) is 21.7. The number of likely N-dealkylation sites (tertiary alicyclic amines) is 1. The first-order valence-electron chi connectivity index (χ1n) is 14.5. The van der Waals surface area contributed by atoms with Crippen LogP contribution in [0.3, 0.4) is 0 Å². The predicted molar refractivity (Wildman–Crippen MR) is 154 cm³/mol. The Hall–Kier alpha value is -4.26. The minimum Gasteiger partial charge on any atom is -0.456 e. The molecule has 0 aromatic heterocycles. The fraction of sp³-hybridized carbons (Fsp3) is 0.353. The number of benzene rings is 3. The van der Waals surface area contributed by atoms with Gasteiger partial charge in [0.25, 0.3) is 5.91 Å². The van der Waals surface area contributed by atoms with Crippen molar-refractivity contribution in [2.45, 2.75) is 50.9 Å². The molecule has 0 spiro atoms. The van der Waals surface area contributed by atoms with Gasteiger partial charge in [-0.05, 0) is 59.2 Å². The van der Waals surface area contributed by atoms with Crippen LogP contribution in [0.2, 0.25) is 0 Å². The molecule has 0 saturated carbocycles. The van der Waals surface area contributed by atoms with E-state index in [1.165, 1.54) is 32.7 Å². The number of imide groups is 1. The highest BCUT2D eigenvalue weighted by Gasteiger charge is 2.61. The Morgan fingerprint density at radius 1 is 0.756 bits per heavy atom. The van der Waals surface area contributed by atoms with Gasteiger partial charge in [0.2, 0.25) is 11.8 Å². The summed E-state index contributed by atoms with van der Waals surface area (Å²) in [7, 11) is 0. The van der Waals surface area contributed by atoms with E-state index in [-0.39, 0.29) is 54.4 Å². The maximum absolute atomic E-state index is 13.6. The molecule has 2 bridgehead atoms. The van der Waals surface area contributed by atoms with Gasteiger partial charge in [-0.15, -0.1) is 0 Å². The summed E-state index contributed by atoms with van der Waals surface area (Å²) < 4.78 is 5.12. The van der Waals surface area contributed by atoms with Crippen molar-refractivity contribution in [2.24, 2.45) is 11.8 Å². The lowest BCUT2D eigenvalue weighted by Crippen LogP contribution is -2.41. The first-order valence-corrected chi connectivity index (χ1v) is 14.5. The van der Waals surface area contributed by atoms with E-state index in [2.05, 4.69) is 36.5 Å². The van der Waals surface area contributed by atoms with Gasteiger partial charge in [-0.2, -0.15) is 0 Å². The number of hydrogen-bond donors (Lipinski definition) is 1. The Morgan fingerprint density at radius 2 is 1.29 bits per heavy atom. The van der Waals surface area contributed by atoms with E-state index < -0.39 is 5.97 Å². The number of rotatable bonds is 10. The number of esters is 1. The summed E-state index contributed by atoms with van der Waals surface area (Å²) in [5.41, 5.74) is 6.51. The number of hydrogen-bond acceptors (Lipinski definition) is 5. The molecule has 0 unspecified atom stereocenters. The van der Waals surface area contributed by atoms with Crippen molar-refractivity contribution in [2.75, 3.05) is 18.5 Å². The van der Waals surface area contributed by atoms with Crippen LogP contribution in [0.25, 0.3) is 0 Å². The van der Waals surface area contributed by atoms with E-state index in [9.17, 15) is 19.2 Å². The lowest BCUT2D eigenvalue weighted by Gasteiger charge is -2.45. The number of nitrogens with one attached hydrogen (secondary N) is 1. The monoisotopic (exact) mass is 550 g/mol. The van der Waals surface area contributed by atoms with Gasteiger partial charge in [0.05, 0.1) is 11.8 Å². The van der Waals surface area contributed by atoms with Gasteiger partial charge in [-0.3, -0.25) is 24.1 Å². The third kappa shape index (κ3) is 4.94. The van der Waals surface area contributed by atoms with Crippen LogP contribution < -0.4 is 5.32 Å². The van der Waals surface area contributed by atoms with Crippen LogP contribution in [0, 0.1) is 11.8 Å². The number of anilines is 1. The third-order valence-electron chi connectivity index (χ3n) is 8.81. The molecule has 3 amide bonds. The van der Waals surface area contributed by atoms with Crippen LogP contribution in [-0.4, -0.2) is 41.7 Å². The zero-order chi connectivity index (χ0) is 28.5. The second-order valence-electron chi connectivity index (χ2n) is 11.2. The Kier molecular flexibility index (Phi) is 7.43. The van der Waals surface area contributed by atoms with Gasteiger partial charge in [0, 0.05) is 30.5 Å². The number of carbonyl (C=O) groups excluding carboxylic acids is 4. The molecule has 1 N–H and O–H groups in total. The van der Waals surface area contributed by atoms with Crippen molar-refractivity contribution in [3.8, 4) is 0 Å². The van der Waals surface area contributed by atoms with Gasteiger partial charge >= 0.3 is 5.97 Å². The SMILES string of the molecule is CCc1ccc(NC(=O)COC(=O)CCCCCN2C(=O)[C@@H]3C4c5ccccc5C(c5ccccc54)[C@@H]3C2=O)cc1. The summed E-state index contributed by atoms with van der Waals surface area (Å²) in [6.45, 7) is 2.08. The highest BCUT2D eigenvalue weighted by atomic mass is 16.5. The second-order valence-corrected chi connectivity index (χ2v) is 11.2. The Morgan fingerprint density at radius 3 is 1.80 bits per heavy atom. The van der Waals surface area contributed by atoms with Crippen molar-refractivity contribution < 1.29 is 23.9 Å². The van der Waals surface area contributed by atoms with Crippen LogP contribution in [-0.2, 0) is 30.3 Å². The Balaban J connectivity index is 0.986. The predicted octanol–water partition coefficient (Wildman–Crippen LogP) is 5.18. The fourth-order valence-corrected chi connectivity index (χ4v) is 6.91. The van der Waals surface area contributed by atoms with Crippen molar-refractivity contribution >= 4 is 29.4 Å². The van der Waals surface area contributed by atoms with E-state index in [0.717, 1.165) is 6.42 Å². The van der Waals surface area contributed by atoms with Gasteiger partial charge in [-0.1, -0.05) is 74.0 Å². The highest BCUT2D eigenvalue weighted by molar-refractivity contribution is 6.07. The molecule has 7 heteroatoms. The molecule has 3 aromatic rings. The first-order chi connectivity index (χ1) is 20.0. The van der Waals surface area contributed by atoms with Gasteiger partial charge in [0.15, 0.2) is 6.61 Å². The van der Waals surface area contributed by atoms with E-state index >= 15 is 0 Å². The zero-order valence-electron chi connectivity index (χ0n) is 23.2. The van der Waals surface area contributed by atoms with Crippen LogP contribution in [0.15, 0.2) is 72.8 Å². The molecule has 7 rings (SSSR count). The smallest absolute Gasteiger partial charge is 0.306 e. The summed E-state index contributed by atoms with van der Waals surface area (Å²) in [5.74, 6) is -1.88. The molecule has 1 saturated heterocycles. The molecule has 3 aromatic carbocycles. The number of amides is 3. The van der Waals surface area contributed by atoms with Gasteiger partial charge in [-0.25, -0.2) is 0 Å². The molecule has 2 atom stereocenters. The maximum atomic E-state index is 13.6. The summed E-state index contributed by atoms with van der Waals surface area (Å²) in [6, 6.07) is 24.0. The lowest BCUT2D eigenvalue weighted by atomic mass is 9.55. The standard InChI is InChI=1S/C34H34N2O5/c1-2-21-15-17-22(18-16-21)35-27(37)20-41-28(38)14-4-3-9-19-36-33(39)31-29-23-10-5-6-11-24(23)30(32(31)34(36)40)26-13-8-7-12-25(26)29/h5-8,10-13,15-18,29-32H,2-4,9,14,19-20H2,1H3,(H,35,37)/t29?,30?,31-,32+. The number of nitrogens with zero attached hydrogens (tertiary/aromatic N) is 1. The van der Waals surface area contributed by atoms with Crippen molar-refractivity contribution in [3.05, 3.63) is 101 Å². The quantitative estimate of drug-likeness (QED) is 0.213. The molecule has 1 heterocycles. The Labute approximate surface area is 239 Å². The molecule has 3 aliphatic carbocycles. The van der Waals surface area contributed by atoms with E-state index in [1.807, 2.05) is 48.5 Å². The summed E-state index contributed by atoms with van der Waals surface area (Å²) in [6.07, 6.45) is 2.95. The molecule has 1 aliphatic heterocycles. The fourth-order valence-electron chi connectivity index (χ4n) is 6.91. The molecule has 0 radical (unpaired) electrons. The third-order valence-corrected chi connectivity index (χ3v) is 8.81. The largest absolute Gasteiger partial charge is 0.456 e.